The van der Waals surface area contributed by atoms with Crippen LogP contribution in [0.4, 0.5) is 5.69 Å². The number of benzene rings is 4. The number of non-ortho nitro benzene ring substituents is 1. The molecule has 0 aliphatic rings. The highest BCUT2D eigenvalue weighted by Crippen LogP contribution is 2.31. The second-order valence-corrected chi connectivity index (χ2v) is 10.0. The largest absolute Gasteiger partial charge is 0.269 e. The Kier molecular flexibility index (Phi) is 6.63. The van der Waals surface area contributed by atoms with E-state index in [0.29, 0.717) is 27.7 Å². The molecular weight excluding hydrogens is 482 g/mol. The molecule has 0 saturated carbocycles. The standard InChI is InChI=1S/C30H25N3O3S/c1-19-15-20(2)27(21(3)16-19)18-37-30-31-28(23-11-13-24(14-12-23)33(35)36)17-32(30)29(34)26-10-6-8-22-7-4-5-9-25(22)26/h4-17H,18H2,1-3H3. The third-order valence-electron chi connectivity index (χ3n) is 6.47. The predicted molar refractivity (Wildman–Crippen MR) is 148 cm³/mol. The number of carbonyl (C=O) groups excluding carboxylic acids is 1. The molecule has 0 saturated heterocycles. The minimum Gasteiger partial charge on any atom is -0.268 e. The Morgan fingerprint density at radius 2 is 1.62 bits per heavy atom. The summed E-state index contributed by atoms with van der Waals surface area (Å²) in [7, 11) is 0. The van der Waals surface area contributed by atoms with Crippen molar-refractivity contribution in [2.45, 2.75) is 31.7 Å². The fourth-order valence-corrected chi connectivity index (χ4v) is 5.79. The lowest BCUT2D eigenvalue weighted by molar-refractivity contribution is -0.384. The number of aryl methyl sites for hydroxylation is 3. The van der Waals surface area contributed by atoms with E-state index in [0.717, 1.165) is 10.8 Å². The number of nitro groups is 1. The van der Waals surface area contributed by atoms with Crippen LogP contribution in [0.3, 0.4) is 0 Å². The van der Waals surface area contributed by atoms with E-state index in [1.54, 1.807) is 22.9 Å². The minimum absolute atomic E-state index is 0.00920. The SMILES string of the molecule is Cc1cc(C)c(CSc2nc(-c3ccc([N+](=O)[O-])cc3)cn2C(=O)c2cccc3ccccc23)c(C)c1. The third kappa shape index (κ3) is 4.90. The van der Waals surface area contributed by atoms with Crippen LogP contribution >= 0.6 is 11.8 Å². The molecular formula is C30H25N3O3S. The normalized spacial score (nSPS) is 11.1. The Morgan fingerprint density at radius 1 is 0.946 bits per heavy atom. The van der Waals surface area contributed by atoms with Crippen molar-refractivity contribution in [3.05, 3.63) is 123 Å². The van der Waals surface area contributed by atoms with Crippen LogP contribution in [-0.4, -0.2) is 20.4 Å². The number of carbonyl (C=O) groups is 1. The van der Waals surface area contributed by atoms with Crippen molar-refractivity contribution in [3.63, 3.8) is 0 Å². The molecule has 1 heterocycles. The van der Waals surface area contributed by atoms with Crippen molar-refractivity contribution in [1.82, 2.24) is 9.55 Å². The Hall–Kier alpha value is -4.23. The highest BCUT2D eigenvalue weighted by atomic mass is 32.2. The second kappa shape index (κ2) is 10.0. The molecule has 0 aliphatic carbocycles. The van der Waals surface area contributed by atoms with Gasteiger partial charge in [-0.3, -0.25) is 19.5 Å². The summed E-state index contributed by atoms with van der Waals surface area (Å²) in [5.74, 6) is 0.495. The maximum atomic E-state index is 13.9. The number of hydrogen-bond acceptors (Lipinski definition) is 5. The first-order chi connectivity index (χ1) is 17.8. The highest BCUT2D eigenvalue weighted by Gasteiger charge is 2.20. The van der Waals surface area contributed by atoms with Crippen LogP contribution in [0.1, 0.15) is 32.6 Å². The Morgan fingerprint density at radius 3 is 2.32 bits per heavy atom. The van der Waals surface area contributed by atoms with Gasteiger partial charge in [0.05, 0.1) is 10.6 Å². The molecule has 0 unspecified atom stereocenters. The molecule has 184 valence electrons. The number of rotatable bonds is 6. The van der Waals surface area contributed by atoms with Gasteiger partial charge >= 0.3 is 0 Å². The summed E-state index contributed by atoms with van der Waals surface area (Å²) >= 11 is 1.51. The molecule has 5 rings (SSSR count). The van der Waals surface area contributed by atoms with Gasteiger partial charge in [-0.05, 0) is 66.4 Å². The molecule has 6 nitrogen and oxygen atoms in total. The lowest BCUT2D eigenvalue weighted by Gasteiger charge is -2.12. The van der Waals surface area contributed by atoms with E-state index in [1.807, 2.05) is 42.5 Å². The van der Waals surface area contributed by atoms with E-state index in [-0.39, 0.29) is 11.6 Å². The van der Waals surface area contributed by atoms with Crippen molar-refractivity contribution in [2.24, 2.45) is 0 Å². The van der Waals surface area contributed by atoms with Gasteiger partial charge in [-0.15, -0.1) is 0 Å². The van der Waals surface area contributed by atoms with Gasteiger partial charge in [-0.25, -0.2) is 4.98 Å². The van der Waals surface area contributed by atoms with Crippen LogP contribution in [0.15, 0.2) is 90.2 Å². The summed E-state index contributed by atoms with van der Waals surface area (Å²) in [6.07, 6.45) is 1.72. The predicted octanol–water partition coefficient (Wildman–Crippen LogP) is 7.52. The molecule has 0 fully saturated rings. The number of nitro benzene ring substituents is 1. The van der Waals surface area contributed by atoms with Crippen LogP contribution in [0.2, 0.25) is 0 Å². The summed E-state index contributed by atoms with van der Waals surface area (Å²) in [4.78, 5) is 29.4. The number of hydrogen-bond donors (Lipinski definition) is 0. The molecule has 0 radical (unpaired) electrons. The smallest absolute Gasteiger partial charge is 0.268 e. The van der Waals surface area contributed by atoms with Gasteiger partial charge in [-0.1, -0.05) is 65.9 Å². The zero-order chi connectivity index (χ0) is 26.1. The van der Waals surface area contributed by atoms with Gasteiger partial charge in [0, 0.05) is 35.2 Å². The summed E-state index contributed by atoms with van der Waals surface area (Å²) in [5, 5.41) is 13.5. The maximum absolute atomic E-state index is 13.9. The molecule has 7 heteroatoms. The number of thioether (sulfide) groups is 1. The number of nitrogens with zero attached hydrogens (tertiary/aromatic N) is 3. The molecule has 37 heavy (non-hydrogen) atoms. The average molecular weight is 508 g/mol. The number of imidazole rings is 1. The summed E-state index contributed by atoms with van der Waals surface area (Å²) in [6.45, 7) is 6.29. The van der Waals surface area contributed by atoms with Crippen molar-refractivity contribution < 1.29 is 9.72 Å². The number of aromatic nitrogens is 2. The van der Waals surface area contributed by atoms with Crippen molar-refractivity contribution in [3.8, 4) is 11.3 Å². The molecule has 1 aromatic heterocycles. The zero-order valence-corrected chi connectivity index (χ0v) is 21.6. The van der Waals surface area contributed by atoms with Crippen LogP contribution in [0.25, 0.3) is 22.0 Å². The van der Waals surface area contributed by atoms with Gasteiger partial charge in [0.15, 0.2) is 5.16 Å². The van der Waals surface area contributed by atoms with E-state index in [9.17, 15) is 14.9 Å². The molecule has 0 atom stereocenters. The second-order valence-electron chi connectivity index (χ2n) is 9.08. The molecule has 4 aromatic carbocycles. The van der Waals surface area contributed by atoms with Crippen LogP contribution in [0, 0.1) is 30.9 Å². The van der Waals surface area contributed by atoms with Crippen molar-refractivity contribution in [1.29, 1.82) is 0 Å². The first-order valence-electron chi connectivity index (χ1n) is 11.9. The first kappa shape index (κ1) is 24.5. The van der Waals surface area contributed by atoms with Gasteiger partial charge in [-0.2, -0.15) is 0 Å². The monoisotopic (exact) mass is 507 g/mol. The maximum Gasteiger partial charge on any atom is 0.269 e. The fraction of sp³-hybridized carbons (Fsp3) is 0.133. The third-order valence-corrected chi connectivity index (χ3v) is 7.45. The quantitative estimate of drug-likeness (QED) is 0.135. The molecule has 0 spiro atoms. The Bertz CT molecular complexity index is 1630. The molecule has 0 aliphatic heterocycles. The molecule has 0 amide bonds. The van der Waals surface area contributed by atoms with Crippen LogP contribution in [-0.2, 0) is 5.75 Å². The molecule has 0 bridgehead atoms. The van der Waals surface area contributed by atoms with E-state index >= 15 is 0 Å². The van der Waals surface area contributed by atoms with Gasteiger partial charge in [0.25, 0.3) is 11.6 Å². The van der Waals surface area contributed by atoms with Crippen molar-refractivity contribution in [2.75, 3.05) is 0 Å². The average Bonchev–Trinajstić information content (AvgIpc) is 3.31. The van der Waals surface area contributed by atoms with Gasteiger partial charge in [0.1, 0.15) is 0 Å². The molecule has 5 aromatic rings. The fourth-order valence-electron chi connectivity index (χ4n) is 4.62. The lowest BCUT2D eigenvalue weighted by Crippen LogP contribution is -2.13. The summed E-state index contributed by atoms with van der Waals surface area (Å²) < 4.78 is 1.60. The topological polar surface area (TPSA) is 78.0 Å². The zero-order valence-electron chi connectivity index (χ0n) is 20.8. The number of fused-ring (bicyclic) bond motifs is 1. The van der Waals surface area contributed by atoms with Gasteiger partial charge < -0.3 is 0 Å². The van der Waals surface area contributed by atoms with Crippen molar-refractivity contribution >= 4 is 34.1 Å². The minimum atomic E-state index is -0.431. The van der Waals surface area contributed by atoms with Gasteiger partial charge in [0.2, 0.25) is 0 Å². The lowest BCUT2D eigenvalue weighted by atomic mass is 10.0. The molecule has 0 N–H and O–H groups in total. The van der Waals surface area contributed by atoms with E-state index in [1.165, 1.54) is 46.1 Å². The summed E-state index contributed by atoms with van der Waals surface area (Å²) in [5.41, 5.74) is 6.75. The van der Waals surface area contributed by atoms with Crippen LogP contribution < -0.4 is 0 Å². The summed E-state index contributed by atoms with van der Waals surface area (Å²) in [6, 6.07) is 24.1. The Labute approximate surface area is 219 Å². The van der Waals surface area contributed by atoms with Crippen LogP contribution in [0.5, 0.6) is 0 Å². The van der Waals surface area contributed by atoms with E-state index < -0.39 is 4.92 Å². The Balaban J connectivity index is 1.57. The highest BCUT2D eigenvalue weighted by molar-refractivity contribution is 7.98. The van der Waals surface area contributed by atoms with E-state index in [2.05, 4.69) is 32.9 Å². The first-order valence-corrected chi connectivity index (χ1v) is 12.9. The van der Waals surface area contributed by atoms with E-state index in [4.69, 9.17) is 4.98 Å².